The Morgan fingerprint density at radius 3 is 2.76 bits per heavy atom. The van der Waals surface area contributed by atoms with Gasteiger partial charge in [0.25, 0.3) is 0 Å². The Kier molecular flexibility index (Phi) is 4.09. The lowest BCUT2D eigenvalue weighted by Crippen LogP contribution is -2.50. The van der Waals surface area contributed by atoms with E-state index in [2.05, 4.69) is 15.3 Å². The highest BCUT2D eigenvalue weighted by Gasteiger charge is 2.26. The minimum absolute atomic E-state index is 0.0515. The second-order valence-corrected chi connectivity index (χ2v) is 7.04. The largest absolute Gasteiger partial charge is 0.344 e. The van der Waals surface area contributed by atoms with Gasteiger partial charge in [0, 0.05) is 19.6 Å². The summed E-state index contributed by atoms with van der Waals surface area (Å²) in [5.41, 5.74) is 3.02. The van der Waals surface area contributed by atoms with Crippen LogP contribution in [0.15, 0.2) is 36.0 Å². The topological polar surface area (TPSA) is 49.3 Å². The van der Waals surface area contributed by atoms with Gasteiger partial charge in [0.1, 0.15) is 12.1 Å². The average Bonchev–Trinajstić information content (AvgIpc) is 3.00. The SMILES string of the molecule is Cc1csc2c(N3CCN(Cc4ccc(F)cc4)C(=O)C3)ncnc12. The number of thiophene rings is 1. The molecule has 1 aliphatic rings. The zero-order valence-corrected chi connectivity index (χ0v) is 14.6. The number of benzene rings is 1. The number of aromatic nitrogens is 2. The summed E-state index contributed by atoms with van der Waals surface area (Å²) in [6.07, 6.45) is 1.56. The van der Waals surface area contributed by atoms with Crippen LogP contribution in [0.4, 0.5) is 10.2 Å². The summed E-state index contributed by atoms with van der Waals surface area (Å²) in [4.78, 5) is 25.1. The van der Waals surface area contributed by atoms with Crippen LogP contribution in [0.3, 0.4) is 0 Å². The molecule has 3 heterocycles. The molecular weight excluding hydrogens is 339 g/mol. The van der Waals surface area contributed by atoms with Crippen molar-refractivity contribution in [2.75, 3.05) is 24.5 Å². The molecule has 0 spiro atoms. The molecule has 0 atom stereocenters. The number of carbonyl (C=O) groups is 1. The predicted molar refractivity (Wildman–Crippen MR) is 96.2 cm³/mol. The number of carbonyl (C=O) groups excluding carboxylic acids is 1. The van der Waals surface area contributed by atoms with Gasteiger partial charge in [0.2, 0.25) is 5.91 Å². The molecule has 0 unspecified atom stereocenters. The molecule has 1 amide bonds. The van der Waals surface area contributed by atoms with Crippen LogP contribution < -0.4 is 4.90 Å². The van der Waals surface area contributed by atoms with Gasteiger partial charge in [0.15, 0.2) is 5.82 Å². The normalized spacial score (nSPS) is 15.2. The van der Waals surface area contributed by atoms with Gasteiger partial charge in [-0.2, -0.15) is 0 Å². The molecule has 5 nitrogen and oxygen atoms in total. The number of hydrogen-bond donors (Lipinski definition) is 0. The fourth-order valence-electron chi connectivity index (χ4n) is 3.05. The van der Waals surface area contributed by atoms with Crippen molar-refractivity contribution in [1.82, 2.24) is 14.9 Å². The van der Waals surface area contributed by atoms with E-state index in [0.29, 0.717) is 19.6 Å². The highest BCUT2D eigenvalue weighted by atomic mass is 32.1. The molecule has 25 heavy (non-hydrogen) atoms. The number of anilines is 1. The molecule has 1 aliphatic heterocycles. The van der Waals surface area contributed by atoms with Gasteiger partial charge in [-0.05, 0) is 35.6 Å². The maximum Gasteiger partial charge on any atom is 0.242 e. The van der Waals surface area contributed by atoms with Crippen molar-refractivity contribution in [2.45, 2.75) is 13.5 Å². The quantitative estimate of drug-likeness (QED) is 0.724. The third-order valence-corrected chi connectivity index (χ3v) is 5.50. The molecule has 2 aromatic heterocycles. The Morgan fingerprint density at radius 2 is 2.00 bits per heavy atom. The van der Waals surface area contributed by atoms with Gasteiger partial charge in [-0.3, -0.25) is 4.79 Å². The van der Waals surface area contributed by atoms with Crippen molar-refractivity contribution < 1.29 is 9.18 Å². The first-order chi connectivity index (χ1) is 12.1. The van der Waals surface area contributed by atoms with E-state index < -0.39 is 0 Å². The smallest absolute Gasteiger partial charge is 0.242 e. The van der Waals surface area contributed by atoms with Gasteiger partial charge in [-0.15, -0.1) is 11.3 Å². The summed E-state index contributed by atoms with van der Waals surface area (Å²) >= 11 is 1.61. The molecule has 3 aromatic rings. The Bertz CT molecular complexity index is 924. The monoisotopic (exact) mass is 356 g/mol. The Balaban J connectivity index is 1.51. The predicted octanol–water partition coefficient (Wildman–Crippen LogP) is 2.99. The van der Waals surface area contributed by atoms with Crippen molar-refractivity contribution in [3.8, 4) is 0 Å². The molecule has 0 radical (unpaired) electrons. The molecular formula is C18H17FN4OS. The van der Waals surface area contributed by atoms with E-state index in [-0.39, 0.29) is 11.7 Å². The molecule has 4 rings (SSSR count). The van der Waals surface area contributed by atoms with Crippen LogP contribution in [-0.4, -0.2) is 40.4 Å². The van der Waals surface area contributed by atoms with Crippen LogP contribution >= 0.6 is 11.3 Å². The minimum Gasteiger partial charge on any atom is -0.344 e. The molecule has 128 valence electrons. The number of piperazine rings is 1. The number of fused-ring (bicyclic) bond motifs is 1. The fraction of sp³-hybridized carbons (Fsp3) is 0.278. The zero-order valence-electron chi connectivity index (χ0n) is 13.8. The van der Waals surface area contributed by atoms with Crippen molar-refractivity contribution in [3.05, 3.63) is 52.9 Å². The van der Waals surface area contributed by atoms with Crippen LogP contribution in [0.1, 0.15) is 11.1 Å². The second kappa shape index (κ2) is 6.40. The van der Waals surface area contributed by atoms with E-state index in [9.17, 15) is 9.18 Å². The lowest BCUT2D eigenvalue weighted by molar-refractivity contribution is -0.131. The highest BCUT2D eigenvalue weighted by Crippen LogP contribution is 2.31. The van der Waals surface area contributed by atoms with Crippen molar-refractivity contribution in [1.29, 1.82) is 0 Å². The third-order valence-electron chi connectivity index (χ3n) is 4.42. The van der Waals surface area contributed by atoms with E-state index >= 15 is 0 Å². The first-order valence-electron chi connectivity index (χ1n) is 8.08. The van der Waals surface area contributed by atoms with Gasteiger partial charge < -0.3 is 9.80 Å². The first kappa shape index (κ1) is 16.0. The van der Waals surface area contributed by atoms with Crippen LogP contribution in [0.2, 0.25) is 0 Å². The maximum absolute atomic E-state index is 13.0. The van der Waals surface area contributed by atoms with E-state index in [1.54, 1.807) is 29.8 Å². The summed E-state index contributed by atoms with van der Waals surface area (Å²) in [6, 6.07) is 6.29. The lowest BCUT2D eigenvalue weighted by atomic mass is 10.2. The number of aryl methyl sites for hydroxylation is 1. The molecule has 0 aliphatic carbocycles. The minimum atomic E-state index is -0.265. The molecule has 0 saturated carbocycles. The van der Waals surface area contributed by atoms with Gasteiger partial charge in [-0.1, -0.05) is 12.1 Å². The summed E-state index contributed by atoms with van der Waals surface area (Å²) in [5.74, 6) is 0.618. The zero-order chi connectivity index (χ0) is 17.4. The van der Waals surface area contributed by atoms with Gasteiger partial charge in [0.05, 0.1) is 16.8 Å². The molecule has 1 aromatic carbocycles. The van der Waals surface area contributed by atoms with E-state index in [0.717, 1.165) is 33.7 Å². The molecule has 0 bridgehead atoms. The molecule has 7 heteroatoms. The van der Waals surface area contributed by atoms with Gasteiger partial charge >= 0.3 is 0 Å². The number of rotatable bonds is 3. The average molecular weight is 356 g/mol. The third kappa shape index (κ3) is 3.07. The second-order valence-electron chi connectivity index (χ2n) is 6.16. The van der Waals surface area contributed by atoms with Gasteiger partial charge in [-0.25, -0.2) is 14.4 Å². The van der Waals surface area contributed by atoms with Crippen molar-refractivity contribution in [3.63, 3.8) is 0 Å². The number of halogens is 1. The molecule has 1 saturated heterocycles. The standard InChI is InChI=1S/C18H17FN4OS/c1-12-10-25-17-16(12)20-11-21-18(17)23-7-6-22(15(24)9-23)8-13-2-4-14(19)5-3-13/h2-5,10-11H,6-9H2,1H3. The highest BCUT2D eigenvalue weighted by molar-refractivity contribution is 7.18. The lowest BCUT2D eigenvalue weighted by Gasteiger charge is -2.35. The maximum atomic E-state index is 13.0. The van der Waals surface area contributed by atoms with Crippen molar-refractivity contribution in [2.24, 2.45) is 0 Å². The van der Waals surface area contributed by atoms with Crippen LogP contribution in [0.25, 0.3) is 10.2 Å². The summed E-state index contributed by atoms with van der Waals surface area (Å²) in [7, 11) is 0. The van der Waals surface area contributed by atoms with E-state index in [1.165, 1.54) is 12.1 Å². The Morgan fingerprint density at radius 1 is 1.20 bits per heavy atom. The van der Waals surface area contributed by atoms with Crippen LogP contribution in [-0.2, 0) is 11.3 Å². The molecule has 1 fully saturated rings. The summed E-state index contributed by atoms with van der Waals surface area (Å²) < 4.78 is 14.0. The number of nitrogens with zero attached hydrogens (tertiary/aromatic N) is 4. The summed E-state index contributed by atoms with van der Waals surface area (Å²) in [6.45, 7) is 4.16. The first-order valence-corrected chi connectivity index (χ1v) is 8.96. The van der Waals surface area contributed by atoms with E-state index in [4.69, 9.17) is 0 Å². The van der Waals surface area contributed by atoms with Crippen LogP contribution in [0, 0.1) is 12.7 Å². The van der Waals surface area contributed by atoms with E-state index in [1.807, 2.05) is 16.7 Å². The van der Waals surface area contributed by atoms with Crippen molar-refractivity contribution >= 4 is 33.3 Å². The summed E-state index contributed by atoms with van der Waals surface area (Å²) in [5, 5.41) is 2.06. The Labute approximate surface area is 148 Å². The molecule has 0 N–H and O–H groups in total. The number of hydrogen-bond acceptors (Lipinski definition) is 5. The van der Waals surface area contributed by atoms with Crippen LogP contribution in [0.5, 0.6) is 0 Å². The fourth-order valence-corrected chi connectivity index (χ4v) is 4.07. The number of amides is 1. The Hall–Kier alpha value is -2.54.